The average Bonchev–Trinajstić information content (AvgIpc) is 2.18. The Labute approximate surface area is 91.4 Å². The van der Waals surface area contributed by atoms with Gasteiger partial charge >= 0.3 is 0 Å². The monoisotopic (exact) mass is 217 g/mol. The summed E-state index contributed by atoms with van der Waals surface area (Å²) in [6.07, 6.45) is 9.39. The van der Waals surface area contributed by atoms with Crippen molar-refractivity contribution in [3.63, 3.8) is 0 Å². The van der Waals surface area contributed by atoms with Crippen molar-refractivity contribution in [2.75, 3.05) is 6.54 Å². The largest absolute Gasteiger partial charge is 0.355 e. The Bertz CT molecular complexity index is 173. The van der Waals surface area contributed by atoms with Crippen molar-refractivity contribution in [3.05, 3.63) is 0 Å². The summed E-state index contributed by atoms with van der Waals surface area (Å²) < 4.78 is 0. The Kier molecular flexibility index (Phi) is 6.00. The standard InChI is InChI=1S/C11H20ClNO/c12-10-8-6-4-2-1-3-5-7-9-13-11(10)14/h10H,1-9H2,(H,13,14). The fourth-order valence-corrected chi connectivity index (χ4v) is 2.02. The van der Waals surface area contributed by atoms with E-state index in [0.717, 1.165) is 25.8 Å². The Morgan fingerprint density at radius 1 is 1.00 bits per heavy atom. The predicted molar refractivity (Wildman–Crippen MR) is 59.6 cm³/mol. The second-order valence-electron chi connectivity index (χ2n) is 4.02. The van der Waals surface area contributed by atoms with Gasteiger partial charge in [0.05, 0.1) is 0 Å². The molecule has 1 N–H and O–H groups in total. The minimum Gasteiger partial charge on any atom is -0.355 e. The predicted octanol–water partition coefficient (Wildman–Crippen LogP) is 2.84. The molecule has 0 aromatic rings. The minimum absolute atomic E-state index is 0.0206. The number of hydrogen-bond acceptors (Lipinski definition) is 1. The summed E-state index contributed by atoms with van der Waals surface area (Å²) >= 11 is 5.95. The zero-order valence-electron chi connectivity index (χ0n) is 8.73. The molecule has 0 aromatic heterocycles. The van der Waals surface area contributed by atoms with Crippen LogP contribution in [0.3, 0.4) is 0 Å². The van der Waals surface area contributed by atoms with Crippen LogP contribution < -0.4 is 5.32 Å². The summed E-state index contributed by atoms with van der Waals surface area (Å²) in [4.78, 5) is 11.4. The number of carbonyl (C=O) groups is 1. The lowest BCUT2D eigenvalue weighted by atomic mass is 10.1. The van der Waals surface area contributed by atoms with Gasteiger partial charge in [0.25, 0.3) is 0 Å². The SMILES string of the molecule is O=C1NCCCCCCCCCC1Cl. The van der Waals surface area contributed by atoms with Crippen LogP contribution >= 0.6 is 11.6 Å². The molecule has 0 spiro atoms. The summed E-state index contributed by atoms with van der Waals surface area (Å²) in [5, 5.41) is 2.57. The number of amides is 1. The van der Waals surface area contributed by atoms with Gasteiger partial charge in [0, 0.05) is 6.54 Å². The summed E-state index contributed by atoms with van der Waals surface area (Å²) in [5.74, 6) is 0.0206. The van der Waals surface area contributed by atoms with E-state index in [2.05, 4.69) is 5.32 Å². The van der Waals surface area contributed by atoms with Crippen LogP contribution in [0.2, 0.25) is 0 Å². The first-order chi connectivity index (χ1) is 6.80. The Balaban J connectivity index is 2.27. The van der Waals surface area contributed by atoms with E-state index in [4.69, 9.17) is 11.6 Å². The topological polar surface area (TPSA) is 29.1 Å². The number of hydrogen-bond donors (Lipinski definition) is 1. The molecule has 0 saturated carbocycles. The van der Waals surface area contributed by atoms with Crippen molar-refractivity contribution in [3.8, 4) is 0 Å². The van der Waals surface area contributed by atoms with Gasteiger partial charge in [-0.3, -0.25) is 4.79 Å². The third-order valence-electron chi connectivity index (χ3n) is 2.72. The van der Waals surface area contributed by atoms with Crippen molar-refractivity contribution < 1.29 is 4.79 Å². The number of nitrogens with one attached hydrogen (secondary N) is 1. The summed E-state index contributed by atoms with van der Waals surface area (Å²) in [7, 11) is 0. The molecule has 1 heterocycles. The number of rotatable bonds is 0. The van der Waals surface area contributed by atoms with E-state index in [9.17, 15) is 4.79 Å². The third-order valence-corrected chi connectivity index (χ3v) is 3.13. The van der Waals surface area contributed by atoms with Crippen molar-refractivity contribution in [2.45, 2.75) is 56.7 Å². The van der Waals surface area contributed by atoms with E-state index < -0.39 is 0 Å². The molecular weight excluding hydrogens is 198 g/mol. The summed E-state index contributed by atoms with van der Waals surface area (Å²) in [5.41, 5.74) is 0. The fraction of sp³-hybridized carbons (Fsp3) is 0.909. The average molecular weight is 218 g/mol. The molecule has 3 heteroatoms. The first-order valence-corrected chi connectivity index (χ1v) is 6.16. The van der Waals surface area contributed by atoms with Crippen LogP contribution in [0.1, 0.15) is 51.4 Å². The molecule has 14 heavy (non-hydrogen) atoms. The minimum atomic E-state index is -0.311. The van der Waals surface area contributed by atoms with E-state index in [1.807, 2.05) is 0 Å². The Hall–Kier alpha value is -0.240. The summed E-state index contributed by atoms with van der Waals surface area (Å²) in [6, 6.07) is 0. The smallest absolute Gasteiger partial charge is 0.238 e. The van der Waals surface area contributed by atoms with Gasteiger partial charge in [0.2, 0.25) is 5.91 Å². The molecule has 1 atom stereocenters. The van der Waals surface area contributed by atoms with Gasteiger partial charge in [-0.2, -0.15) is 0 Å². The Morgan fingerprint density at radius 2 is 1.57 bits per heavy atom. The molecule has 1 saturated heterocycles. The first-order valence-electron chi connectivity index (χ1n) is 5.72. The molecule has 2 nitrogen and oxygen atoms in total. The molecule has 1 rings (SSSR count). The maximum absolute atomic E-state index is 11.4. The van der Waals surface area contributed by atoms with E-state index >= 15 is 0 Å². The second-order valence-corrected chi connectivity index (χ2v) is 4.55. The molecule has 1 aliphatic heterocycles. The molecular formula is C11H20ClNO. The highest BCUT2D eigenvalue weighted by Crippen LogP contribution is 2.13. The molecule has 0 bridgehead atoms. The molecule has 1 fully saturated rings. The first kappa shape index (κ1) is 11.8. The highest BCUT2D eigenvalue weighted by atomic mass is 35.5. The molecule has 1 amide bonds. The highest BCUT2D eigenvalue weighted by Gasteiger charge is 2.14. The molecule has 1 aliphatic rings. The van der Waals surface area contributed by atoms with Crippen LogP contribution in [0.25, 0.3) is 0 Å². The molecule has 0 radical (unpaired) electrons. The van der Waals surface area contributed by atoms with Crippen LogP contribution in [-0.4, -0.2) is 17.8 Å². The molecule has 1 unspecified atom stereocenters. The van der Waals surface area contributed by atoms with E-state index in [1.54, 1.807) is 0 Å². The van der Waals surface area contributed by atoms with Crippen LogP contribution in [0, 0.1) is 0 Å². The van der Waals surface area contributed by atoms with E-state index in [1.165, 1.54) is 32.1 Å². The van der Waals surface area contributed by atoms with Crippen LogP contribution in [-0.2, 0) is 4.79 Å². The van der Waals surface area contributed by atoms with Gasteiger partial charge < -0.3 is 5.32 Å². The van der Waals surface area contributed by atoms with Gasteiger partial charge in [-0.15, -0.1) is 11.6 Å². The zero-order valence-corrected chi connectivity index (χ0v) is 9.48. The van der Waals surface area contributed by atoms with Crippen LogP contribution in [0.4, 0.5) is 0 Å². The highest BCUT2D eigenvalue weighted by molar-refractivity contribution is 6.30. The quantitative estimate of drug-likeness (QED) is 0.622. The van der Waals surface area contributed by atoms with Gasteiger partial charge in [-0.25, -0.2) is 0 Å². The summed E-state index contributed by atoms with van der Waals surface area (Å²) in [6.45, 7) is 0.794. The van der Waals surface area contributed by atoms with Gasteiger partial charge in [-0.1, -0.05) is 38.5 Å². The maximum atomic E-state index is 11.4. The van der Waals surface area contributed by atoms with Crippen LogP contribution in [0.15, 0.2) is 0 Å². The zero-order chi connectivity index (χ0) is 10.2. The molecule has 0 aromatic carbocycles. The van der Waals surface area contributed by atoms with Gasteiger partial charge in [0.1, 0.15) is 5.38 Å². The Morgan fingerprint density at radius 3 is 2.29 bits per heavy atom. The van der Waals surface area contributed by atoms with Crippen molar-refractivity contribution in [2.24, 2.45) is 0 Å². The van der Waals surface area contributed by atoms with Crippen molar-refractivity contribution >= 4 is 17.5 Å². The number of carbonyl (C=O) groups excluding carboxylic acids is 1. The normalized spacial score (nSPS) is 27.2. The molecule has 82 valence electrons. The number of halogens is 1. The maximum Gasteiger partial charge on any atom is 0.238 e. The molecule has 0 aliphatic carbocycles. The van der Waals surface area contributed by atoms with E-state index in [-0.39, 0.29) is 11.3 Å². The van der Waals surface area contributed by atoms with E-state index in [0.29, 0.717) is 0 Å². The van der Waals surface area contributed by atoms with Crippen molar-refractivity contribution in [1.82, 2.24) is 5.32 Å². The van der Waals surface area contributed by atoms with Crippen LogP contribution in [0.5, 0.6) is 0 Å². The number of alkyl halides is 1. The fourth-order valence-electron chi connectivity index (χ4n) is 1.79. The lowest BCUT2D eigenvalue weighted by Gasteiger charge is -2.11. The lowest BCUT2D eigenvalue weighted by molar-refractivity contribution is -0.120. The van der Waals surface area contributed by atoms with Gasteiger partial charge in [0.15, 0.2) is 0 Å². The van der Waals surface area contributed by atoms with Gasteiger partial charge in [-0.05, 0) is 12.8 Å². The van der Waals surface area contributed by atoms with Crippen molar-refractivity contribution in [1.29, 1.82) is 0 Å². The third kappa shape index (κ3) is 4.85. The second kappa shape index (κ2) is 7.10. The lowest BCUT2D eigenvalue weighted by Crippen LogP contribution is -2.32.